The first kappa shape index (κ1) is 11.5. The molecule has 1 amide bonds. The Kier molecular flexibility index (Phi) is 4.35. The Hall–Kier alpha value is -0.610. The van der Waals surface area contributed by atoms with Gasteiger partial charge in [-0.2, -0.15) is 0 Å². The smallest absolute Gasteiger partial charge is 0.233 e. The van der Waals surface area contributed by atoms with Crippen LogP contribution in [0.3, 0.4) is 0 Å². The minimum absolute atomic E-state index is 0.0604. The molecule has 0 aromatic rings. The van der Waals surface area contributed by atoms with E-state index < -0.39 is 0 Å². The van der Waals surface area contributed by atoms with E-state index in [1.807, 2.05) is 7.05 Å². The lowest BCUT2D eigenvalue weighted by atomic mass is 9.90. The van der Waals surface area contributed by atoms with Crippen molar-refractivity contribution in [1.82, 2.24) is 10.2 Å². The van der Waals surface area contributed by atoms with Gasteiger partial charge in [0.05, 0.1) is 6.54 Å². The SMILES string of the molecule is CNC(=O)CN(C)C1CCCCC1N. The summed E-state index contributed by atoms with van der Waals surface area (Å²) in [6.45, 7) is 0.453. The summed E-state index contributed by atoms with van der Waals surface area (Å²) in [5, 5.41) is 2.63. The molecule has 2 atom stereocenters. The lowest BCUT2D eigenvalue weighted by Gasteiger charge is -2.35. The molecule has 0 heterocycles. The molecule has 14 heavy (non-hydrogen) atoms. The van der Waals surface area contributed by atoms with E-state index in [1.165, 1.54) is 12.8 Å². The third-order valence-corrected chi connectivity index (χ3v) is 3.02. The molecule has 1 fully saturated rings. The van der Waals surface area contributed by atoms with E-state index in [1.54, 1.807) is 7.05 Å². The van der Waals surface area contributed by atoms with Crippen molar-refractivity contribution >= 4 is 5.91 Å². The summed E-state index contributed by atoms with van der Waals surface area (Å²) in [5.41, 5.74) is 6.02. The number of nitrogens with one attached hydrogen (secondary N) is 1. The Bertz CT molecular complexity index is 196. The van der Waals surface area contributed by atoms with Crippen molar-refractivity contribution in [3.05, 3.63) is 0 Å². The van der Waals surface area contributed by atoms with Crippen LogP contribution in [0.2, 0.25) is 0 Å². The fraction of sp³-hybridized carbons (Fsp3) is 0.900. The largest absolute Gasteiger partial charge is 0.358 e. The summed E-state index contributed by atoms with van der Waals surface area (Å²) in [6, 6.07) is 0.611. The van der Waals surface area contributed by atoms with Gasteiger partial charge in [0, 0.05) is 19.1 Å². The second-order valence-corrected chi connectivity index (χ2v) is 4.10. The van der Waals surface area contributed by atoms with E-state index in [4.69, 9.17) is 5.73 Å². The molecular weight excluding hydrogens is 178 g/mol. The van der Waals surface area contributed by atoms with Crippen molar-refractivity contribution in [1.29, 1.82) is 0 Å². The molecular formula is C10H21N3O. The van der Waals surface area contributed by atoms with Crippen molar-refractivity contribution in [2.24, 2.45) is 5.73 Å². The highest BCUT2D eigenvalue weighted by atomic mass is 16.1. The zero-order chi connectivity index (χ0) is 10.6. The zero-order valence-corrected chi connectivity index (χ0v) is 9.12. The van der Waals surface area contributed by atoms with Crippen LogP contribution in [0.5, 0.6) is 0 Å². The van der Waals surface area contributed by atoms with Gasteiger partial charge >= 0.3 is 0 Å². The first-order valence-corrected chi connectivity index (χ1v) is 5.31. The molecule has 0 aromatic carbocycles. The standard InChI is InChI=1S/C10H21N3O/c1-12-10(14)7-13(2)9-6-4-3-5-8(9)11/h8-9H,3-7,11H2,1-2H3,(H,12,14). The van der Waals surface area contributed by atoms with Gasteiger partial charge in [0.25, 0.3) is 0 Å². The number of carbonyl (C=O) groups is 1. The molecule has 0 saturated heterocycles. The maximum atomic E-state index is 11.2. The quantitative estimate of drug-likeness (QED) is 0.669. The maximum absolute atomic E-state index is 11.2. The van der Waals surface area contributed by atoms with Gasteiger partial charge < -0.3 is 11.1 Å². The van der Waals surface area contributed by atoms with Crippen molar-refractivity contribution in [2.75, 3.05) is 20.6 Å². The van der Waals surface area contributed by atoms with E-state index in [9.17, 15) is 4.79 Å². The van der Waals surface area contributed by atoms with Crippen LogP contribution >= 0.6 is 0 Å². The number of amides is 1. The molecule has 1 saturated carbocycles. The maximum Gasteiger partial charge on any atom is 0.233 e. The van der Waals surface area contributed by atoms with Gasteiger partial charge in [-0.1, -0.05) is 12.8 Å². The molecule has 2 unspecified atom stereocenters. The highest BCUT2D eigenvalue weighted by Gasteiger charge is 2.25. The fourth-order valence-corrected chi connectivity index (χ4v) is 2.11. The Labute approximate surface area is 85.8 Å². The third-order valence-electron chi connectivity index (χ3n) is 3.02. The molecule has 1 aliphatic rings. The van der Waals surface area contributed by atoms with Crippen LogP contribution in [0.15, 0.2) is 0 Å². The number of hydrogen-bond acceptors (Lipinski definition) is 3. The number of hydrogen-bond donors (Lipinski definition) is 2. The van der Waals surface area contributed by atoms with E-state index in [0.29, 0.717) is 12.6 Å². The van der Waals surface area contributed by atoms with E-state index in [-0.39, 0.29) is 11.9 Å². The number of likely N-dealkylation sites (N-methyl/N-ethyl adjacent to an activating group) is 2. The number of nitrogens with two attached hydrogens (primary N) is 1. The van der Waals surface area contributed by atoms with Crippen LogP contribution in [0.1, 0.15) is 25.7 Å². The van der Waals surface area contributed by atoms with Gasteiger partial charge in [-0.3, -0.25) is 9.69 Å². The molecule has 3 N–H and O–H groups in total. The highest BCUT2D eigenvalue weighted by Crippen LogP contribution is 2.20. The van der Waals surface area contributed by atoms with Gasteiger partial charge in [0.2, 0.25) is 5.91 Å². The lowest BCUT2D eigenvalue weighted by molar-refractivity contribution is -0.122. The van der Waals surface area contributed by atoms with Crippen molar-refractivity contribution < 1.29 is 4.79 Å². The molecule has 0 spiro atoms. The Balaban J connectivity index is 2.41. The van der Waals surface area contributed by atoms with Gasteiger partial charge in [-0.15, -0.1) is 0 Å². The molecule has 0 bridgehead atoms. The molecule has 0 radical (unpaired) electrons. The van der Waals surface area contributed by atoms with E-state index >= 15 is 0 Å². The van der Waals surface area contributed by atoms with Crippen molar-refractivity contribution in [3.8, 4) is 0 Å². The number of rotatable bonds is 3. The summed E-state index contributed by atoms with van der Waals surface area (Å²) in [7, 11) is 3.64. The molecule has 1 aliphatic carbocycles. The van der Waals surface area contributed by atoms with Crippen LogP contribution in [-0.2, 0) is 4.79 Å². The monoisotopic (exact) mass is 199 g/mol. The summed E-state index contributed by atoms with van der Waals surface area (Å²) >= 11 is 0. The zero-order valence-electron chi connectivity index (χ0n) is 9.12. The average Bonchev–Trinajstić information content (AvgIpc) is 2.18. The Morgan fingerprint density at radius 2 is 2.14 bits per heavy atom. The van der Waals surface area contributed by atoms with Gasteiger partial charge in [-0.05, 0) is 19.9 Å². The predicted molar refractivity (Wildman–Crippen MR) is 56.9 cm³/mol. The first-order valence-electron chi connectivity index (χ1n) is 5.31. The Morgan fingerprint density at radius 3 is 2.71 bits per heavy atom. The summed E-state index contributed by atoms with van der Waals surface area (Å²) in [6.07, 6.45) is 4.67. The minimum atomic E-state index is 0.0604. The molecule has 4 heteroatoms. The van der Waals surface area contributed by atoms with Crippen molar-refractivity contribution in [2.45, 2.75) is 37.8 Å². The van der Waals surface area contributed by atoms with Crippen LogP contribution in [0.4, 0.5) is 0 Å². The summed E-state index contributed by atoms with van der Waals surface area (Å²) in [4.78, 5) is 13.3. The molecule has 82 valence electrons. The second-order valence-electron chi connectivity index (χ2n) is 4.10. The van der Waals surface area contributed by atoms with Gasteiger partial charge in [-0.25, -0.2) is 0 Å². The summed E-state index contributed by atoms with van der Waals surface area (Å²) < 4.78 is 0. The van der Waals surface area contributed by atoms with Crippen LogP contribution in [0.25, 0.3) is 0 Å². The minimum Gasteiger partial charge on any atom is -0.358 e. The average molecular weight is 199 g/mol. The molecule has 0 aliphatic heterocycles. The highest BCUT2D eigenvalue weighted by molar-refractivity contribution is 5.77. The third kappa shape index (κ3) is 2.96. The molecule has 4 nitrogen and oxygen atoms in total. The van der Waals surface area contributed by atoms with Crippen LogP contribution in [-0.4, -0.2) is 43.5 Å². The predicted octanol–water partition coefficient (Wildman–Crippen LogP) is -0.0659. The lowest BCUT2D eigenvalue weighted by Crippen LogP contribution is -2.50. The summed E-state index contributed by atoms with van der Waals surface area (Å²) in [5.74, 6) is 0.0604. The number of nitrogens with zero attached hydrogens (tertiary/aromatic N) is 1. The van der Waals surface area contributed by atoms with Gasteiger partial charge in [0.1, 0.15) is 0 Å². The second kappa shape index (κ2) is 5.32. The van der Waals surface area contributed by atoms with E-state index in [2.05, 4.69) is 10.2 Å². The molecule has 1 rings (SSSR count). The first-order chi connectivity index (χ1) is 6.65. The fourth-order valence-electron chi connectivity index (χ4n) is 2.11. The topological polar surface area (TPSA) is 58.4 Å². The molecule has 0 aromatic heterocycles. The Morgan fingerprint density at radius 1 is 1.50 bits per heavy atom. The van der Waals surface area contributed by atoms with Gasteiger partial charge in [0.15, 0.2) is 0 Å². The normalized spacial score (nSPS) is 27.7. The van der Waals surface area contributed by atoms with Crippen LogP contribution < -0.4 is 11.1 Å². The number of carbonyl (C=O) groups excluding carboxylic acids is 1. The van der Waals surface area contributed by atoms with E-state index in [0.717, 1.165) is 12.8 Å². The van der Waals surface area contributed by atoms with Crippen molar-refractivity contribution in [3.63, 3.8) is 0 Å². The van der Waals surface area contributed by atoms with Crippen LogP contribution in [0, 0.1) is 0 Å².